The molecule has 1 aliphatic carbocycles. The van der Waals surface area contributed by atoms with E-state index in [1.165, 1.54) is 44.2 Å². The molecule has 1 nitrogen and oxygen atoms in total. The van der Waals surface area contributed by atoms with Gasteiger partial charge in [0.05, 0.1) is 0 Å². The molecule has 0 aromatic rings. The number of hydrogen-bond acceptors (Lipinski definition) is 1. The lowest BCUT2D eigenvalue weighted by atomic mass is 9.76. The highest BCUT2D eigenvalue weighted by molar-refractivity contribution is 4.95. The monoisotopic (exact) mass is 195 g/mol. The molecule has 1 aliphatic rings. The Kier molecular flexibility index (Phi) is 4.67. The van der Waals surface area contributed by atoms with Crippen LogP contribution in [0.5, 0.6) is 0 Å². The van der Waals surface area contributed by atoms with Crippen LogP contribution < -0.4 is 5.32 Å². The van der Waals surface area contributed by atoms with Crippen LogP contribution in [-0.4, -0.2) is 13.1 Å². The zero-order valence-corrected chi connectivity index (χ0v) is 9.86. The van der Waals surface area contributed by atoms with Crippen molar-refractivity contribution in [3.05, 3.63) is 12.2 Å². The van der Waals surface area contributed by atoms with Gasteiger partial charge in [-0.15, -0.1) is 0 Å². The Hall–Kier alpha value is -0.300. The first-order valence-electron chi connectivity index (χ1n) is 6.04. The lowest BCUT2D eigenvalue weighted by molar-refractivity contribution is 0.210. The second-order valence-corrected chi connectivity index (χ2v) is 5.08. The van der Waals surface area contributed by atoms with E-state index in [1.807, 2.05) is 0 Å². The van der Waals surface area contributed by atoms with Crippen molar-refractivity contribution in [1.82, 2.24) is 5.32 Å². The maximum absolute atomic E-state index is 4.02. The Labute approximate surface area is 89.0 Å². The molecular weight excluding hydrogens is 170 g/mol. The van der Waals surface area contributed by atoms with Crippen molar-refractivity contribution < 1.29 is 0 Å². The minimum Gasteiger partial charge on any atom is -0.312 e. The summed E-state index contributed by atoms with van der Waals surface area (Å²) in [5.41, 5.74) is 1.89. The first-order valence-corrected chi connectivity index (χ1v) is 6.04. The molecule has 0 heterocycles. The third-order valence-corrected chi connectivity index (χ3v) is 3.49. The molecule has 0 aromatic heterocycles. The van der Waals surface area contributed by atoms with Gasteiger partial charge in [0.25, 0.3) is 0 Å². The molecule has 1 N–H and O–H groups in total. The van der Waals surface area contributed by atoms with Gasteiger partial charge in [-0.3, -0.25) is 0 Å². The van der Waals surface area contributed by atoms with Crippen LogP contribution in [0.2, 0.25) is 0 Å². The summed E-state index contributed by atoms with van der Waals surface area (Å²) in [5.74, 6) is 0. The van der Waals surface area contributed by atoms with Crippen LogP contribution >= 0.6 is 0 Å². The van der Waals surface area contributed by atoms with Gasteiger partial charge in [-0.05, 0) is 24.7 Å². The van der Waals surface area contributed by atoms with Crippen molar-refractivity contribution in [1.29, 1.82) is 0 Å². The third kappa shape index (κ3) is 3.83. The summed E-state index contributed by atoms with van der Waals surface area (Å²) in [6.45, 7) is 10.8. The fourth-order valence-electron chi connectivity index (χ4n) is 2.25. The molecule has 0 radical (unpaired) electrons. The summed E-state index contributed by atoms with van der Waals surface area (Å²) < 4.78 is 0. The standard InChI is InChI=1S/C13H25N/c1-4-12(2)10-14-11-13(3)8-6-5-7-9-13/h14H,2,4-11H2,1,3H3. The fraction of sp³-hybridized carbons (Fsp3) is 0.846. The Bertz CT molecular complexity index is 178. The lowest BCUT2D eigenvalue weighted by Gasteiger charge is -2.33. The number of hydrogen-bond donors (Lipinski definition) is 1. The van der Waals surface area contributed by atoms with E-state index in [0.717, 1.165) is 13.0 Å². The van der Waals surface area contributed by atoms with E-state index in [4.69, 9.17) is 0 Å². The van der Waals surface area contributed by atoms with Gasteiger partial charge in [0.2, 0.25) is 0 Å². The molecule has 0 saturated heterocycles. The second kappa shape index (κ2) is 5.55. The number of rotatable bonds is 5. The Morgan fingerprint density at radius 2 is 1.93 bits per heavy atom. The fourth-order valence-corrected chi connectivity index (χ4v) is 2.25. The summed E-state index contributed by atoms with van der Waals surface area (Å²) in [7, 11) is 0. The van der Waals surface area contributed by atoms with Gasteiger partial charge >= 0.3 is 0 Å². The molecule has 1 fully saturated rings. The zero-order chi connectivity index (χ0) is 10.4. The zero-order valence-electron chi connectivity index (χ0n) is 9.86. The topological polar surface area (TPSA) is 12.0 Å². The van der Waals surface area contributed by atoms with Crippen LogP contribution in [0, 0.1) is 5.41 Å². The first-order chi connectivity index (χ1) is 6.66. The van der Waals surface area contributed by atoms with E-state index >= 15 is 0 Å². The minimum absolute atomic E-state index is 0.562. The maximum atomic E-state index is 4.02. The van der Waals surface area contributed by atoms with Gasteiger partial charge in [-0.1, -0.05) is 45.3 Å². The van der Waals surface area contributed by atoms with E-state index in [2.05, 4.69) is 25.7 Å². The Morgan fingerprint density at radius 3 is 2.50 bits per heavy atom. The highest BCUT2D eigenvalue weighted by Gasteiger charge is 2.25. The lowest BCUT2D eigenvalue weighted by Crippen LogP contribution is -2.34. The van der Waals surface area contributed by atoms with Gasteiger partial charge in [-0.2, -0.15) is 0 Å². The van der Waals surface area contributed by atoms with Crippen molar-refractivity contribution in [3.8, 4) is 0 Å². The predicted octanol–water partition coefficient (Wildman–Crippen LogP) is 3.51. The van der Waals surface area contributed by atoms with Gasteiger partial charge in [0.15, 0.2) is 0 Å². The minimum atomic E-state index is 0.562. The predicted molar refractivity (Wildman–Crippen MR) is 63.5 cm³/mol. The van der Waals surface area contributed by atoms with Gasteiger partial charge in [0, 0.05) is 13.1 Å². The largest absolute Gasteiger partial charge is 0.312 e. The van der Waals surface area contributed by atoms with Crippen LogP contribution in [0.1, 0.15) is 52.4 Å². The SMILES string of the molecule is C=C(CC)CNCC1(C)CCCCC1. The highest BCUT2D eigenvalue weighted by Crippen LogP contribution is 2.34. The molecule has 0 atom stereocenters. The van der Waals surface area contributed by atoms with E-state index in [-0.39, 0.29) is 0 Å². The van der Waals surface area contributed by atoms with Crippen molar-refractivity contribution in [3.63, 3.8) is 0 Å². The molecule has 1 rings (SSSR count). The molecule has 14 heavy (non-hydrogen) atoms. The first kappa shape index (κ1) is 11.8. The second-order valence-electron chi connectivity index (χ2n) is 5.08. The van der Waals surface area contributed by atoms with Crippen molar-refractivity contribution in [2.75, 3.05) is 13.1 Å². The van der Waals surface area contributed by atoms with E-state index in [0.29, 0.717) is 5.41 Å². The van der Waals surface area contributed by atoms with Crippen LogP contribution in [0.25, 0.3) is 0 Å². The van der Waals surface area contributed by atoms with E-state index in [1.54, 1.807) is 0 Å². The molecule has 0 aromatic carbocycles. The normalized spacial score (nSPS) is 20.7. The third-order valence-electron chi connectivity index (χ3n) is 3.49. The highest BCUT2D eigenvalue weighted by atomic mass is 14.9. The van der Waals surface area contributed by atoms with E-state index in [9.17, 15) is 0 Å². The van der Waals surface area contributed by atoms with Crippen LogP contribution in [-0.2, 0) is 0 Å². The summed E-state index contributed by atoms with van der Waals surface area (Å²) >= 11 is 0. The van der Waals surface area contributed by atoms with Crippen molar-refractivity contribution in [2.24, 2.45) is 5.41 Å². The Morgan fingerprint density at radius 1 is 1.29 bits per heavy atom. The summed E-state index contributed by atoms with van der Waals surface area (Å²) in [6, 6.07) is 0. The summed E-state index contributed by atoms with van der Waals surface area (Å²) in [4.78, 5) is 0. The van der Waals surface area contributed by atoms with Crippen molar-refractivity contribution >= 4 is 0 Å². The average molecular weight is 195 g/mol. The Balaban J connectivity index is 2.18. The molecular formula is C13H25N. The quantitative estimate of drug-likeness (QED) is 0.662. The van der Waals surface area contributed by atoms with Crippen LogP contribution in [0.4, 0.5) is 0 Å². The molecule has 0 aliphatic heterocycles. The van der Waals surface area contributed by atoms with Gasteiger partial charge in [0.1, 0.15) is 0 Å². The van der Waals surface area contributed by atoms with Crippen molar-refractivity contribution in [2.45, 2.75) is 52.4 Å². The van der Waals surface area contributed by atoms with E-state index < -0.39 is 0 Å². The maximum Gasteiger partial charge on any atom is 0.0162 e. The average Bonchev–Trinajstić information content (AvgIpc) is 2.18. The molecule has 0 spiro atoms. The molecule has 0 unspecified atom stereocenters. The van der Waals surface area contributed by atoms with Crippen LogP contribution in [0.15, 0.2) is 12.2 Å². The molecule has 1 saturated carbocycles. The molecule has 82 valence electrons. The molecule has 1 heteroatoms. The number of nitrogens with one attached hydrogen (secondary N) is 1. The summed E-state index contributed by atoms with van der Waals surface area (Å²) in [6.07, 6.45) is 8.19. The molecule has 0 bridgehead atoms. The molecule has 0 amide bonds. The summed E-state index contributed by atoms with van der Waals surface area (Å²) in [5, 5.41) is 3.55. The van der Waals surface area contributed by atoms with Crippen LogP contribution in [0.3, 0.4) is 0 Å². The van der Waals surface area contributed by atoms with Gasteiger partial charge < -0.3 is 5.32 Å². The smallest absolute Gasteiger partial charge is 0.0162 e. The van der Waals surface area contributed by atoms with Gasteiger partial charge in [-0.25, -0.2) is 0 Å².